The second-order valence-corrected chi connectivity index (χ2v) is 5.54. The first-order chi connectivity index (χ1) is 10.2. The summed E-state index contributed by atoms with van der Waals surface area (Å²) in [6.45, 7) is 1.24. The van der Waals surface area contributed by atoms with E-state index < -0.39 is 6.10 Å². The third kappa shape index (κ3) is 2.66. The molecule has 0 radical (unpaired) electrons. The topological polar surface area (TPSA) is 88.2 Å². The maximum atomic E-state index is 12.5. The molecule has 2 heterocycles. The smallest absolute Gasteiger partial charge is 0.263 e. The van der Waals surface area contributed by atoms with Crippen LogP contribution in [0, 0.1) is 5.92 Å². The third-order valence-electron chi connectivity index (χ3n) is 4.26. The Balaban J connectivity index is 1.59. The molecule has 6 nitrogen and oxygen atoms in total. The summed E-state index contributed by atoms with van der Waals surface area (Å²) in [5.41, 5.74) is 6.71. The van der Waals surface area contributed by atoms with Gasteiger partial charge in [-0.3, -0.25) is 4.79 Å². The highest BCUT2D eigenvalue weighted by atomic mass is 16.5. The van der Waals surface area contributed by atoms with Crippen molar-refractivity contribution in [2.45, 2.75) is 25.4 Å². The molecule has 0 aromatic heterocycles. The van der Waals surface area contributed by atoms with Crippen molar-refractivity contribution in [2.75, 3.05) is 13.1 Å². The quantitative estimate of drug-likeness (QED) is 0.367. The van der Waals surface area contributed by atoms with E-state index in [1.807, 2.05) is 29.2 Å². The van der Waals surface area contributed by atoms with Gasteiger partial charge in [-0.05, 0) is 24.5 Å². The molecule has 2 aliphatic heterocycles. The van der Waals surface area contributed by atoms with Crippen LogP contribution in [0.3, 0.4) is 0 Å². The molecule has 112 valence electrons. The normalized spacial score (nSPS) is 22.8. The lowest BCUT2D eigenvalue weighted by atomic mass is 9.95. The summed E-state index contributed by atoms with van der Waals surface area (Å²) in [5.74, 6) is 1.15. The van der Waals surface area contributed by atoms with Crippen molar-refractivity contribution < 1.29 is 14.7 Å². The SMILES string of the molecule is NC(=NO)C1CCN(C(=O)C2Cc3ccccc3O2)CC1. The number of hydrogen-bond acceptors (Lipinski definition) is 4. The summed E-state index contributed by atoms with van der Waals surface area (Å²) in [5, 5.41) is 11.8. The molecule has 3 rings (SSSR count). The van der Waals surface area contributed by atoms with E-state index in [4.69, 9.17) is 15.7 Å². The van der Waals surface area contributed by atoms with Gasteiger partial charge < -0.3 is 20.6 Å². The number of carbonyl (C=O) groups is 1. The number of para-hydroxylation sites is 1. The minimum atomic E-state index is -0.414. The summed E-state index contributed by atoms with van der Waals surface area (Å²) in [7, 11) is 0. The Hall–Kier alpha value is -2.24. The van der Waals surface area contributed by atoms with E-state index in [9.17, 15) is 4.79 Å². The fourth-order valence-corrected chi connectivity index (χ4v) is 3.00. The fraction of sp³-hybridized carbons (Fsp3) is 0.467. The molecule has 3 N–H and O–H groups in total. The average molecular weight is 289 g/mol. The molecular weight excluding hydrogens is 270 g/mol. The Morgan fingerprint density at radius 1 is 1.33 bits per heavy atom. The minimum absolute atomic E-state index is 0.0316. The zero-order valence-corrected chi connectivity index (χ0v) is 11.7. The number of rotatable bonds is 2. The number of piperidine rings is 1. The minimum Gasteiger partial charge on any atom is -0.480 e. The van der Waals surface area contributed by atoms with Gasteiger partial charge in [0.2, 0.25) is 0 Å². The first-order valence-electron chi connectivity index (χ1n) is 7.20. The van der Waals surface area contributed by atoms with Crippen LogP contribution in [0.25, 0.3) is 0 Å². The molecule has 0 spiro atoms. The Morgan fingerprint density at radius 2 is 2.05 bits per heavy atom. The zero-order valence-electron chi connectivity index (χ0n) is 11.7. The van der Waals surface area contributed by atoms with E-state index in [1.165, 1.54) is 0 Å². The van der Waals surface area contributed by atoms with Crippen molar-refractivity contribution in [1.29, 1.82) is 0 Å². The standard InChI is InChI=1S/C15H19N3O3/c16-14(17-20)10-5-7-18(8-6-10)15(19)13-9-11-3-1-2-4-12(11)21-13/h1-4,10,13,20H,5-9H2,(H2,16,17). The van der Waals surface area contributed by atoms with E-state index in [2.05, 4.69) is 5.16 Å². The zero-order chi connectivity index (χ0) is 14.8. The Labute approximate surface area is 123 Å². The number of hydrogen-bond donors (Lipinski definition) is 2. The van der Waals surface area contributed by atoms with E-state index in [-0.39, 0.29) is 17.7 Å². The summed E-state index contributed by atoms with van der Waals surface area (Å²) in [6.07, 6.45) is 1.67. The molecule has 1 amide bonds. The highest BCUT2D eigenvalue weighted by Crippen LogP contribution is 2.29. The van der Waals surface area contributed by atoms with Crippen LogP contribution < -0.4 is 10.5 Å². The van der Waals surface area contributed by atoms with Crippen molar-refractivity contribution in [3.05, 3.63) is 29.8 Å². The van der Waals surface area contributed by atoms with Crippen LogP contribution in [0.5, 0.6) is 5.75 Å². The van der Waals surface area contributed by atoms with Gasteiger partial charge in [0.15, 0.2) is 6.10 Å². The van der Waals surface area contributed by atoms with Crippen LogP contribution >= 0.6 is 0 Å². The van der Waals surface area contributed by atoms with Gasteiger partial charge in [-0.25, -0.2) is 0 Å². The van der Waals surface area contributed by atoms with Crippen LogP contribution in [0.1, 0.15) is 18.4 Å². The molecular formula is C15H19N3O3. The van der Waals surface area contributed by atoms with Crippen molar-refractivity contribution in [1.82, 2.24) is 4.90 Å². The first kappa shape index (κ1) is 13.7. The Morgan fingerprint density at radius 3 is 2.71 bits per heavy atom. The second kappa shape index (κ2) is 5.63. The lowest BCUT2D eigenvalue weighted by Crippen LogP contribution is -2.47. The highest BCUT2D eigenvalue weighted by molar-refractivity contribution is 5.84. The number of amides is 1. The predicted molar refractivity (Wildman–Crippen MR) is 77.3 cm³/mol. The molecule has 1 aromatic rings. The van der Waals surface area contributed by atoms with Crippen molar-refractivity contribution >= 4 is 11.7 Å². The number of fused-ring (bicyclic) bond motifs is 1. The van der Waals surface area contributed by atoms with E-state index in [0.29, 0.717) is 19.5 Å². The summed E-state index contributed by atoms with van der Waals surface area (Å²) in [6, 6.07) is 7.76. The molecule has 6 heteroatoms. The van der Waals surface area contributed by atoms with E-state index in [1.54, 1.807) is 0 Å². The van der Waals surface area contributed by atoms with Gasteiger partial charge in [0, 0.05) is 25.4 Å². The second-order valence-electron chi connectivity index (χ2n) is 5.54. The molecule has 0 bridgehead atoms. The fourth-order valence-electron chi connectivity index (χ4n) is 3.00. The Bertz CT molecular complexity index is 540. The van der Waals surface area contributed by atoms with Gasteiger partial charge in [0.1, 0.15) is 11.6 Å². The average Bonchev–Trinajstić information content (AvgIpc) is 2.97. The maximum absolute atomic E-state index is 12.5. The molecule has 1 atom stereocenters. The third-order valence-corrected chi connectivity index (χ3v) is 4.26. The Kier molecular flexibility index (Phi) is 3.68. The molecule has 0 aliphatic carbocycles. The monoisotopic (exact) mass is 289 g/mol. The number of benzene rings is 1. The largest absolute Gasteiger partial charge is 0.480 e. The lowest BCUT2D eigenvalue weighted by molar-refractivity contribution is -0.139. The number of oxime groups is 1. The number of carbonyl (C=O) groups excluding carboxylic acids is 1. The molecule has 1 fully saturated rings. The molecule has 0 saturated carbocycles. The van der Waals surface area contributed by atoms with Crippen molar-refractivity contribution in [2.24, 2.45) is 16.8 Å². The van der Waals surface area contributed by atoms with Gasteiger partial charge in [-0.1, -0.05) is 23.4 Å². The van der Waals surface area contributed by atoms with Gasteiger partial charge in [-0.2, -0.15) is 0 Å². The molecule has 1 saturated heterocycles. The highest BCUT2D eigenvalue weighted by Gasteiger charge is 2.34. The first-order valence-corrected chi connectivity index (χ1v) is 7.20. The van der Waals surface area contributed by atoms with E-state index in [0.717, 1.165) is 24.2 Å². The number of nitrogens with zero attached hydrogens (tertiary/aromatic N) is 2. The van der Waals surface area contributed by atoms with Crippen LogP contribution in [-0.4, -0.2) is 41.0 Å². The predicted octanol–water partition coefficient (Wildman–Crippen LogP) is 0.975. The van der Waals surface area contributed by atoms with Gasteiger partial charge in [0.05, 0.1) is 0 Å². The van der Waals surface area contributed by atoms with Gasteiger partial charge in [-0.15, -0.1) is 0 Å². The molecule has 2 aliphatic rings. The van der Waals surface area contributed by atoms with Crippen LogP contribution in [-0.2, 0) is 11.2 Å². The van der Waals surface area contributed by atoms with Gasteiger partial charge >= 0.3 is 0 Å². The number of ether oxygens (including phenoxy) is 1. The van der Waals surface area contributed by atoms with Crippen LogP contribution in [0.2, 0.25) is 0 Å². The van der Waals surface area contributed by atoms with Crippen LogP contribution in [0.4, 0.5) is 0 Å². The molecule has 1 aromatic carbocycles. The lowest BCUT2D eigenvalue weighted by Gasteiger charge is -2.32. The summed E-state index contributed by atoms with van der Waals surface area (Å²) in [4.78, 5) is 14.3. The summed E-state index contributed by atoms with van der Waals surface area (Å²) >= 11 is 0. The van der Waals surface area contributed by atoms with E-state index >= 15 is 0 Å². The number of likely N-dealkylation sites (tertiary alicyclic amines) is 1. The maximum Gasteiger partial charge on any atom is 0.263 e. The number of amidine groups is 1. The summed E-state index contributed by atoms with van der Waals surface area (Å²) < 4.78 is 5.74. The van der Waals surface area contributed by atoms with Crippen molar-refractivity contribution in [3.63, 3.8) is 0 Å². The molecule has 21 heavy (non-hydrogen) atoms. The van der Waals surface area contributed by atoms with Crippen LogP contribution in [0.15, 0.2) is 29.4 Å². The number of nitrogens with two attached hydrogens (primary N) is 1. The van der Waals surface area contributed by atoms with Gasteiger partial charge in [0.25, 0.3) is 5.91 Å². The molecule has 1 unspecified atom stereocenters. The van der Waals surface area contributed by atoms with Crippen molar-refractivity contribution in [3.8, 4) is 5.75 Å².